The number of hydrogen-bond donors (Lipinski definition) is 1. The summed E-state index contributed by atoms with van der Waals surface area (Å²) in [4.78, 5) is 16.2. The van der Waals surface area contributed by atoms with Gasteiger partial charge in [-0.3, -0.25) is 10.1 Å². The summed E-state index contributed by atoms with van der Waals surface area (Å²) in [7, 11) is 0. The van der Waals surface area contributed by atoms with Crippen molar-refractivity contribution in [1.82, 2.24) is 9.55 Å². The molecule has 1 N–H and O–H groups in total. The van der Waals surface area contributed by atoms with E-state index in [1.807, 2.05) is 35.2 Å². The third-order valence-corrected chi connectivity index (χ3v) is 3.77. The van der Waals surface area contributed by atoms with Crippen LogP contribution in [0.2, 0.25) is 5.02 Å². The Kier molecular flexibility index (Phi) is 3.54. The molecule has 3 rings (SSSR count). The number of aromatic nitrogens is 2. The van der Waals surface area contributed by atoms with Crippen LogP contribution >= 0.6 is 22.9 Å². The van der Waals surface area contributed by atoms with Crippen LogP contribution in [-0.2, 0) is 0 Å². The van der Waals surface area contributed by atoms with E-state index in [0.29, 0.717) is 15.7 Å². The number of halogens is 1. The first-order valence-electron chi connectivity index (χ1n) is 5.88. The third kappa shape index (κ3) is 2.59. The second kappa shape index (κ2) is 5.48. The molecular weight excluding hydrogens is 294 g/mol. The number of anilines is 1. The molecule has 0 aliphatic heterocycles. The Bertz CT molecular complexity index is 723. The van der Waals surface area contributed by atoms with Gasteiger partial charge < -0.3 is 4.57 Å². The fraction of sp³-hybridized carbons (Fsp3) is 0. The Morgan fingerprint density at radius 2 is 2.10 bits per heavy atom. The molecular formula is C14H10ClN3OS. The highest BCUT2D eigenvalue weighted by Gasteiger charge is 2.13. The molecule has 0 aliphatic rings. The summed E-state index contributed by atoms with van der Waals surface area (Å²) in [5.41, 5.74) is 1.30. The molecule has 6 heteroatoms. The predicted octanol–water partition coefficient (Wildman–Crippen LogP) is 3.84. The summed E-state index contributed by atoms with van der Waals surface area (Å²) in [5, 5.41) is 5.49. The van der Waals surface area contributed by atoms with E-state index in [-0.39, 0.29) is 5.91 Å². The first-order valence-corrected chi connectivity index (χ1v) is 7.13. The standard InChI is InChI=1S/C14H10ClN3OS/c15-12-4-3-10(18-6-1-2-7-18)9-11(12)13(19)17-14-16-5-8-20-14/h1-9H,(H,16,17,19). The molecule has 0 bridgehead atoms. The monoisotopic (exact) mass is 303 g/mol. The lowest BCUT2D eigenvalue weighted by Gasteiger charge is -2.08. The molecule has 0 atom stereocenters. The first-order chi connectivity index (χ1) is 9.74. The zero-order valence-electron chi connectivity index (χ0n) is 10.3. The maximum Gasteiger partial charge on any atom is 0.259 e. The van der Waals surface area contributed by atoms with Crippen molar-refractivity contribution in [2.24, 2.45) is 0 Å². The zero-order chi connectivity index (χ0) is 13.9. The van der Waals surface area contributed by atoms with Gasteiger partial charge in [0.15, 0.2) is 5.13 Å². The molecule has 0 radical (unpaired) electrons. The van der Waals surface area contributed by atoms with Crippen LogP contribution in [0.5, 0.6) is 0 Å². The molecule has 2 heterocycles. The number of amides is 1. The number of nitrogens with one attached hydrogen (secondary N) is 1. The quantitative estimate of drug-likeness (QED) is 0.799. The molecule has 0 saturated heterocycles. The molecule has 0 fully saturated rings. The van der Waals surface area contributed by atoms with Crippen molar-refractivity contribution >= 4 is 34.0 Å². The maximum absolute atomic E-state index is 12.2. The summed E-state index contributed by atoms with van der Waals surface area (Å²) in [6.07, 6.45) is 5.45. The Balaban J connectivity index is 1.92. The van der Waals surface area contributed by atoms with E-state index in [4.69, 9.17) is 11.6 Å². The predicted molar refractivity (Wildman–Crippen MR) is 80.8 cm³/mol. The minimum Gasteiger partial charge on any atom is -0.324 e. The van der Waals surface area contributed by atoms with Crippen molar-refractivity contribution in [1.29, 1.82) is 0 Å². The van der Waals surface area contributed by atoms with Gasteiger partial charge in [0.1, 0.15) is 0 Å². The molecule has 0 aliphatic carbocycles. The van der Waals surface area contributed by atoms with Gasteiger partial charge in [-0.15, -0.1) is 11.3 Å². The number of carbonyl (C=O) groups is 1. The van der Waals surface area contributed by atoms with Crippen molar-refractivity contribution < 1.29 is 4.79 Å². The molecule has 2 aromatic heterocycles. The lowest BCUT2D eigenvalue weighted by Crippen LogP contribution is -2.12. The van der Waals surface area contributed by atoms with Crippen molar-refractivity contribution in [2.45, 2.75) is 0 Å². The van der Waals surface area contributed by atoms with Gasteiger partial charge >= 0.3 is 0 Å². The summed E-state index contributed by atoms with van der Waals surface area (Å²) < 4.78 is 1.91. The molecule has 1 aromatic carbocycles. The lowest BCUT2D eigenvalue weighted by atomic mass is 10.2. The molecule has 1 amide bonds. The SMILES string of the molecule is O=C(Nc1nccs1)c1cc(-n2cccc2)ccc1Cl. The van der Waals surface area contributed by atoms with Crippen LogP contribution in [0.1, 0.15) is 10.4 Å². The highest BCUT2D eigenvalue weighted by atomic mass is 35.5. The van der Waals surface area contributed by atoms with Crippen molar-refractivity contribution in [2.75, 3.05) is 5.32 Å². The Morgan fingerprint density at radius 3 is 2.80 bits per heavy atom. The average molecular weight is 304 g/mol. The van der Waals surface area contributed by atoms with Gasteiger partial charge in [0.2, 0.25) is 0 Å². The molecule has 0 unspecified atom stereocenters. The van der Waals surface area contributed by atoms with Gasteiger partial charge in [0.25, 0.3) is 5.91 Å². The number of nitrogens with zero attached hydrogens (tertiary/aromatic N) is 2. The molecule has 4 nitrogen and oxygen atoms in total. The van der Waals surface area contributed by atoms with E-state index >= 15 is 0 Å². The first kappa shape index (κ1) is 12.9. The molecule has 100 valence electrons. The highest BCUT2D eigenvalue weighted by Crippen LogP contribution is 2.22. The molecule has 0 spiro atoms. The van der Waals surface area contributed by atoms with Crippen molar-refractivity contribution in [3.05, 3.63) is 64.9 Å². The fourth-order valence-corrected chi connectivity index (χ4v) is 2.53. The van der Waals surface area contributed by atoms with Crippen LogP contribution in [0.3, 0.4) is 0 Å². The lowest BCUT2D eigenvalue weighted by molar-refractivity contribution is 0.102. The Morgan fingerprint density at radius 1 is 1.30 bits per heavy atom. The van der Waals surface area contributed by atoms with Gasteiger partial charge in [-0.1, -0.05) is 11.6 Å². The number of benzene rings is 1. The smallest absolute Gasteiger partial charge is 0.259 e. The van der Waals surface area contributed by atoms with Gasteiger partial charge in [-0.2, -0.15) is 0 Å². The van der Waals surface area contributed by atoms with E-state index in [0.717, 1.165) is 5.69 Å². The van der Waals surface area contributed by atoms with Crippen LogP contribution in [0, 0.1) is 0 Å². The van der Waals surface area contributed by atoms with Crippen molar-refractivity contribution in [3.63, 3.8) is 0 Å². The maximum atomic E-state index is 12.2. The van der Waals surface area contributed by atoms with Gasteiger partial charge in [-0.25, -0.2) is 4.98 Å². The fourth-order valence-electron chi connectivity index (χ4n) is 1.80. The summed E-state index contributed by atoms with van der Waals surface area (Å²) in [6, 6.07) is 9.18. The largest absolute Gasteiger partial charge is 0.324 e. The van der Waals surface area contributed by atoms with E-state index < -0.39 is 0 Å². The Labute approximate surface area is 124 Å². The van der Waals surface area contributed by atoms with Gasteiger partial charge in [0, 0.05) is 29.7 Å². The van der Waals surface area contributed by atoms with E-state index in [1.165, 1.54) is 11.3 Å². The highest BCUT2D eigenvalue weighted by molar-refractivity contribution is 7.13. The minimum absolute atomic E-state index is 0.265. The number of rotatable bonds is 3. The third-order valence-electron chi connectivity index (χ3n) is 2.75. The number of carbonyl (C=O) groups excluding carboxylic acids is 1. The number of hydrogen-bond acceptors (Lipinski definition) is 3. The van der Waals surface area contributed by atoms with Crippen LogP contribution in [-0.4, -0.2) is 15.5 Å². The van der Waals surface area contributed by atoms with Crippen LogP contribution < -0.4 is 5.32 Å². The average Bonchev–Trinajstić information content (AvgIpc) is 3.11. The van der Waals surface area contributed by atoms with E-state index in [2.05, 4.69) is 10.3 Å². The number of thiazole rings is 1. The summed E-state index contributed by atoms with van der Waals surface area (Å²) in [5.74, 6) is -0.265. The second-order valence-electron chi connectivity index (χ2n) is 4.05. The van der Waals surface area contributed by atoms with Crippen molar-refractivity contribution in [3.8, 4) is 5.69 Å². The molecule has 0 saturated carbocycles. The van der Waals surface area contributed by atoms with Crippen LogP contribution in [0.4, 0.5) is 5.13 Å². The zero-order valence-corrected chi connectivity index (χ0v) is 11.9. The van der Waals surface area contributed by atoms with E-state index in [1.54, 1.807) is 23.7 Å². The Hall–Kier alpha value is -2.11. The molecule has 20 heavy (non-hydrogen) atoms. The summed E-state index contributed by atoms with van der Waals surface area (Å²) in [6.45, 7) is 0. The topological polar surface area (TPSA) is 46.9 Å². The van der Waals surface area contributed by atoms with Gasteiger partial charge in [0.05, 0.1) is 10.6 Å². The molecule has 3 aromatic rings. The van der Waals surface area contributed by atoms with Gasteiger partial charge in [-0.05, 0) is 30.3 Å². The normalized spacial score (nSPS) is 10.4. The van der Waals surface area contributed by atoms with E-state index in [9.17, 15) is 4.79 Å². The minimum atomic E-state index is -0.265. The van der Waals surface area contributed by atoms with Crippen LogP contribution in [0.25, 0.3) is 5.69 Å². The summed E-state index contributed by atoms with van der Waals surface area (Å²) >= 11 is 7.47. The second-order valence-corrected chi connectivity index (χ2v) is 5.35. The van der Waals surface area contributed by atoms with Crippen LogP contribution in [0.15, 0.2) is 54.3 Å².